The number of nitrogens with two attached hydrogens (primary N) is 1. The molecule has 1 aliphatic rings. The molecule has 5 nitrogen and oxygen atoms in total. The molecule has 36 heavy (non-hydrogen) atoms. The van der Waals surface area contributed by atoms with E-state index in [2.05, 4.69) is 22.8 Å². The van der Waals surface area contributed by atoms with Crippen LogP contribution in [0.4, 0.5) is 11.4 Å². The Morgan fingerprint density at radius 2 is 1.33 bits per heavy atom. The van der Waals surface area contributed by atoms with Crippen molar-refractivity contribution in [2.75, 3.05) is 11.1 Å². The molecule has 4 N–H and O–H groups in total. The first-order chi connectivity index (χ1) is 17.6. The van der Waals surface area contributed by atoms with Gasteiger partial charge in [-0.05, 0) is 65.4 Å². The summed E-state index contributed by atoms with van der Waals surface area (Å²) in [7, 11) is 0. The molecule has 0 bridgehead atoms. The predicted molar refractivity (Wildman–Crippen MR) is 146 cm³/mol. The molecule has 0 heterocycles. The fourth-order valence-electron chi connectivity index (χ4n) is 3.95. The maximum Gasteiger partial charge on any atom is 0.255 e. The summed E-state index contributed by atoms with van der Waals surface area (Å²) >= 11 is 0. The van der Waals surface area contributed by atoms with Crippen LogP contribution in [0.5, 0.6) is 0 Å². The quantitative estimate of drug-likeness (QED) is 0.175. The van der Waals surface area contributed by atoms with E-state index in [4.69, 9.17) is 5.73 Å². The fraction of sp³-hybridized carbons (Fsp3) is 0.0968. The summed E-state index contributed by atoms with van der Waals surface area (Å²) in [5.41, 5.74) is 12.0. The Balaban J connectivity index is 1.39. The Labute approximate surface area is 210 Å². The Morgan fingerprint density at radius 1 is 0.722 bits per heavy atom. The van der Waals surface area contributed by atoms with Crippen molar-refractivity contribution < 1.29 is 9.59 Å². The van der Waals surface area contributed by atoms with Gasteiger partial charge in [-0.25, -0.2) is 0 Å². The molecule has 4 aromatic carbocycles. The van der Waals surface area contributed by atoms with E-state index in [1.54, 1.807) is 24.3 Å². The van der Waals surface area contributed by atoms with Crippen molar-refractivity contribution in [3.63, 3.8) is 0 Å². The number of carbonyl (C=O) groups is 2. The van der Waals surface area contributed by atoms with Gasteiger partial charge in [-0.2, -0.15) is 0 Å². The first kappa shape index (κ1) is 23.1. The van der Waals surface area contributed by atoms with E-state index in [0.717, 1.165) is 35.1 Å². The minimum absolute atomic E-state index is 0.0914. The van der Waals surface area contributed by atoms with Crippen LogP contribution in [0.1, 0.15) is 34.3 Å². The van der Waals surface area contributed by atoms with Gasteiger partial charge in [-0.3, -0.25) is 9.59 Å². The highest BCUT2D eigenvalue weighted by molar-refractivity contribution is 6.24. The summed E-state index contributed by atoms with van der Waals surface area (Å²) in [4.78, 5) is 25.8. The van der Waals surface area contributed by atoms with Crippen LogP contribution < -0.4 is 16.4 Å². The van der Waals surface area contributed by atoms with E-state index in [0.29, 0.717) is 22.5 Å². The predicted octanol–water partition coefficient (Wildman–Crippen LogP) is 6.01. The Bertz CT molecular complexity index is 1400. The van der Waals surface area contributed by atoms with Gasteiger partial charge in [-0.15, -0.1) is 0 Å². The normalized spacial score (nSPS) is 13.2. The van der Waals surface area contributed by atoms with Gasteiger partial charge in [0.25, 0.3) is 11.8 Å². The molecule has 0 aromatic heterocycles. The molecule has 2 amide bonds. The molecule has 0 radical (unpaired) electrons. The molecule has 0 spiro atoms. The van der Waals surface area contributed by atoms with E-state index in [1.165, 1.54) is 0 Å². The second kappa shape index (κ2) is 10.3. The zero-order valence-corrected chi connectivity index (χ0v) is 19.8. The maximum atomic E-state index is 13.1. The average molecular weight is 474 g/mol. The number of carbonyl (C=O) groups excluding carboxylic acids is 2. The lowest BCUT2D eigenvalue weighted by Gasteiger charge is -2.11. The standard InChI is InChI=1S/C31H27N3O2/c32-28-8-4-5-9-29(28)34-30(35)25-12-10-21(11-13-25)20-27(31(36)33-26-18-19-26)24-16-14-23(15-17-24)22-6-2-1-3-7-22/h1-17,20,26H,18-19,32H2,(H,33,36)(H,34,35)/b27-20-. The van der Waals surface area contributed by atoms with Crippen LogP contribution in [-0.2, 0) is 4.79 Å². The Kier molecular flexibility index (Phi) is 6.63. The van der Waals surface area contributed by atoms with Crippen molar-refractivity contribution in [2.45, 2.75) is 18.9 Å². The van der Waals surface area contributed by atoms with Crippen LogP contribution >= 0.6 is 0 Å². The molecule has 4 aromatic rings. The maximum absolute atomic E-state index is 13.1. The van der Waals surface area contributed by atoms with Gasteiger partial charge in [0, 0.05) is 17.2 Å². The summed E-state index contributed by atoms with van der Waals surface area (Å²) in [6, 6.07) is 32.7. The fourth-order valence-corrected chi connectivity index (χ4v) is 3.95. The van der Waals surface area contributed by atoms with E-state index in [1.807, 2.05) is 72.8 Å². The summed E-state index contributed by atoms with van der Waals surface area (Å²) < 4.78 is 0. The molecular weight excluding hydrogens is 446 g/mol. The highest BCUT2D eigenvalue weighted by Crippen LogP contribution is 2.26. The largest absolute Gasteiger partial charge is 0.397 e. The smallest absolute Gasteiger partial charge is 0.255 e. The highest BCUT2D eigenvalue weighted by Gasteiger charge is 2.25. The zero-order chi connectivity index (χ0) is 24.9. The third-order valence-corrected chi connectivity index (χ3v) is 6.15. The summed E-state index contributed by atoms with van der Waals surface area (Å²) in [5.74, 6) is -0.335. The van der Waals surface area contributed by atoms with Crippen LogP contribution in [0.15, 0.2) is 103 Å². The summed E-state index contributed by atoms with van der Waals surface area (Å²) in [5, 5.41) is 5.93. The average Bonchev–Trinajstić information content (AvgIpc) is 3.73. The molecule has 0 atom stereocenters. The third-order valence-electron chi connectivity index (χ3n) is 6.15. The molecule has 5 rings (SSSR count). The number of rotatable bonds is 7. The summed E-state index contributed by atoms with van der Waals surface area (Å²) in [6.45, 7) is 0. The van der Waals surface area contributed by atoms with Gasteiger partial charge in [0.05, 0.1) is 11.4 Å². The van der Waals surface area contributed by atoms with Gasteiger partial charge in [0.1, 0.15) is 0 Å². The lowest BCUT2D eigenvalue weighted by atomic mass is 9.98. The topological polar surface area (TPSA) is 84.2 Å². The van der Waals surface area contributed by atoms with Gasteiger partial charge < -0.3 is 16.4 Å². The van der Waals surface area contributed by atoms with Gasteiger partial charge >= 0.3 is 0 Å². The highest BCUT2D eigenvalue weighted by atomic mass is 16.2. The molecule has 0 aliphatic heterocycles. The first-order valence-corrected chi connectivity index (χ1v) is 12.0. The third kappa shape index (κ3) is 5.53. The molecule has 178 valence electrons. The molecule has 0 unspecified atom stereocenters. The summed E-state index contributed by atoms with van der Waals surface area (Å²) in [6.07, 6.45) is 3.90. The van der Waals surface area contributed by atoms with Crippen molar-refractivity contribution in [1.29, 1.82) is 0 Å². The number of para-hydroxylation sites is 2. The number of hydrogen-bond acceptors (Lipinski definition) is 3. The minimum Gasteiger partial charge on any atom is -0.397 e. The second-order valence-corrected chi connectivity index (χ2v) is 8.91. The first-order valence-electron chi connectivity index (χ1n) is 12.0. The van der Waals surface area contributed by atoms with Crippen LogP contribution in [0.2, 0.25) is 0 Å². The van der Waals surface area contributed by atoms with Crippen LogP contribution in [-0.4, -0.2) is 17.9 Å². The van der Waals surface area contributed by atoms with Crippen molar-refractivity contribution in [1.82, 2.24) is 5.32 Å². The van der Waals surface area contributed by atoms with Crippen molar-refractivity contribution in [3.05, 3.63) is 120 Å². The van der Waals surface area contributed by atoms with E-state index >= 15 is 0 Å². The molecule has 5 heteroatoms. The van der Waals surface area contributed by atoms with E-state index < -0.39 is 0 Å². The monoisotopic (exact) mass is 473 g/mol. The number of anilines is 2. The molecule has 1 aliphatic carbocycles. The van der Waals surface area contributed by atoms with Crippen LogP contribution in [0.3, 0.4) is 0 Å². The van der Waals surface area contributed by atoms with Crippen molar-refractivity contribution in [3.8, 4) is 11.1 Å². The van der Waals surface area contributed by atoms with E-state index in [-0.39, 0.29) is 17.9 Å². The van der Waals surface area contributed by atoms with Crippen molar-refractivity contribution >= 4 is 34.8 Å². The second-order valence-electron chi connectivity index (χ2n) is 8.91. The van der Waals surface area contributed by atoms with Crippen LogP contribution in [0.25, 0.3) is 22.8 Å². The van der Waals surface area contributed by atoms with E-state index in [9.17, 15) is 9.59 Å². The van der Waals surface area contributed by atoms with Gasteiger partial charge in [-0.1, -0.05) is 78.9 Å². The van der Waals surface area contributed by atoms with Crippen LogP contribution in [0, 0.1) is 0 Å². The number of hydrogen-bond donors (Lipinski definition) is 3. The minimum atomic E-state index is -0.244. The molecule has 1 fully saturated rings. The number of nitrogen functional groups attached to an aromatic ring is 1. The lowest BCUT2D eigenvalue weighted by Crippen LogP contribution is -2.26. The SMILES string of the molecule is Nc1ccccc1NC(=O)c1ccc(/C=C(\C(=O)NC2CC2)c2ccc(-c3ccccc3)cc2)cc1. The molecule has 0 saturated heterocycles. The molecular formula is C31H27N3O2. The number of benzene rings is 4. The van der Waals surface area contributed by atoms with Gasteiger partial charge in [0.15, 0.2) is 0 Å². The van der Waals surface area contributed by atoms with Gasteiger partial charge in [0.2, 0.25) is 0 Å². The number of amides is 2. The molecule has 1 saturated carbocycles. The Hall–Kier alpha value is -4.64. The zero-order valence-electron chi connectivity index (χ0n) is 19.8. The van der Waals surface area contributed by atoms with Crippen molar-refractivity contribution in [2.24, 2.45) is 0 Å². The lowest BCUT2D eigenvalue weighted by molar-refractivity contribution is -0.115. The Morgan fingerprint density at radius 3 is 2.00 bits per heavy atom. The number of nitrogens with one attached hydrogen (secondary N) is 2.